The van der Waals surface area contributed by atoms with Crippen molar-refractivity contribution in [3.05, 3.63) is 24.3 Å². The minimum atomic E-state index is -0.454. The molecule has 19 heavy (non-hydrogen) atoms. The molecule has 106 valence electrons. The van der Waals surface area contributed by atoms with Crippen LogP contribution in [-0.2, 0) is 9.47 Å². The molecule has 6 atom stereocenters. The third-order valence-corrected chi connectivity index (χ3v) is 6.06. The normalized spacial score (nSPS) is 52.9. The van der Waals surface area contributed by atoms with Gasteiger partial charge in [-0.25, -0.2) is 0 Å². The average Bonchev–Trinajstić information content (AvgIpc) is 2.83. The van der Waals surface area contributed by atoms with Crippen LogP contribution in [0.5, 0.6) is 0 Å². The van der Waals surface area contributed by atoms with Crippen LogP contribution in [0, 0.1) is 22.7 Å². The van der Waals surface area contributed by atoms with Gasteiger partial charge in [0, 0.05) is 12.5 Å². The van der Waals surface area contributed by atoms with Crippen molar-refractivity contribution in [2.75, 3.05) is 13.7 Å². The summed E-state index contributed by atoms with van der Waals surface area (Å²) < 4.78 is 11.2. The van der Waals surface area contributed by atoms with Gasteiger partial charge in [0.15, 0.2) is 6.29 Å². The zero-order chi connectivity index (χ0) is 13.8. The quantitative estimate of drug-likeness (QED) is 0.740. The third kappa shape index (κ3) is 1.44. The number of ether oxygens (including phenoxy) is 2. The van der Waals surface area contributed by atoms with E-state index in [1.54, 1.807) is 7.11 Å². The van der Waals surface area contributed by atoms with Crippen molar-refractivity contribution in [3.63, 3.8) is 0 Å². The summed E-state index contributed by atoms with van der Waals surface area (Å²) in [5.74, 6) is 0.838. The van der Waals surface area contributed by atoms with Gasteiger partial charge in [0.1, 0.15) is 0 Å². The molecule has 0 radical (unpaired) electrons. The Bertz CT molecular complexity index is 430. The summed E-state index contributed by atoms with van der Waals surface area (Å²) in [6.45, 7) is 9.11. The first kappa shape index (κ1) is 13.3. The first-order valence-corrected chi connectivity index (χ1v) is 7.15. The van der Waals surface area contributed by atoms with Crippen LogP contribution in [0.15, 0.2) is 24.3 Å². The lowest BCUT2D eigenvalue weighted by Crippen LogP contribution is -2.48. The van der Waals surface area contributed by atoms with Gasteiger partial charge in [-0.05, 0) is 30.3 Å². The largest absolute Gasteiger partial charge is 0.391 e. The van der Waals surface area contributed by atoms with Gasteiger partial charge >= 0.3 is 0 Å². The number of hydrogen-bond donors (Lipinski definition) is 1. The van der Waals surface area contributed by atoms with Crippen LogP contribution in [0.1, 0.15) is 26.7 Å². The van der Waals surface area contributed by atoms with Crippen LogP contribution in [0.4, 0.5) is 0 Å². The van der Waals surface area contributed by atoms with E-state index in [9.17, 15) is 5.11 Å². The molecule has 3 aliphatic rings. The minimum Gasteiger partial charge on any atom is -0.391 e. The molecule has 1 spiro atoms. The SMILES string of the molecule is C=C1COC(OC)[C@@]12C[C@@H]1C=CC[C@@H](C)C1(C)[C@H]2O. The molecule has 1 N–H and O–H groups in total. The van der Waals surface area contributed by atoms with Crippen molar-refractivity contribution < 1.29 is 14.6 Å². The number of methoxy groups -OCH3 is 1. The van der Waals surface area contributed by atoms with Crippen LogP contribution in [0.3, 0.4) is 0 Å². The van der Waals surface area contributed by atoms with Gasteiger partial charge in [0.05, 0.1) is 18.1 Å². The number of aliphatic hydroxyl groups is 1. The molecule has 1 aliphatic heterocycles. The topological polar surface area (TPSA) is 38.7 Å². The van der Waals surface area contributed by atoms with Gasteiger partial charge in [-0.15, -0.1) is 0 Å². The molecule has 1 heterocycles. The zero-order valence-electron chi connectivity index (χ0n) is 12.1. The molecular weight excluding hydrogens is 240 g/mol. The van der Waals surface area contributed by atoms with Gasteiger partial charge in [-0.2, -0.15) is 0 Å². The Labute approximate surface area is 115 Å². The second-order valence-electron chi connectivity index (χ2n) is 6.67. The average molecular weight is 264 g/mol. The summed E-state index contributed by atoms with van der Waals surface area (Å²) in [5, 5.41) is 11.1. The number of rotatable bonds is 1. The highest BCUT2D eigenvalue weighted by molar-refractivity contribution is 5.30. The van der Waals surface area contributed by atoms with Crippen LogP contribution in [0.2, 0.25) is 0 Å². The molecule has 1 saturated carbocycles. The van der Waals surface area contributed by atoms with E-state index in [1.165, 1.54) is 0 Å². The standard InChI is InChI=1S/C16H24O3/c1-10-6-5-7-12-8-16(13(17)15(10,12)3)11(2)9-19-14(16)18-4/h5,7,10,12-14,17H,2,6,8-9H2,1,3-4H3/t10-,12+,13-,14?,15?,16+/m1/s1. The fourth-order valence-corrected chi connectivity index (χ4v) is 4.53. The zero-order valence-corrected chi connectivity index (χ0v) is 12.1. The third-order valence-electron chi connectivity index (χ3n) is 6.06. The predicted molar refractivity (Wildman–Crippen MR) is 73.5 cm³/mol. The van der Waals surface area contributed by atoms with Gasteiger partial charge in [0.25, 0.3) is 0 Å². The van der Waals surface area contributed by atoms with Crippen molar-refractivity contribution in [2.24, 2.45) is 22.7 Å². The maximum Gasteiger partial charge on any atom is 0.169 e. The molecule has 3 rings (SSSR count). The van der Waals surface area contributed by atoms with Crippen molar-refractivity contribution in [1.29, 1.82) is 0 Å². The number of fused-ring (bicyclic) bond motifs is 1. The highest BCUT2D eigenvalue weighted by atomic mass is 16.7. The van der Waals surface area contributed by atoms with Crippen LogP contribution in [-0.4, -0.2) is 31.2 Å². The molecular formula is C16H24O3. The highest BCUT2D eigenvalue weighted by Crippen LogP contribution is 2.64. The summed E-state index contributed by atoms with van der Waals surface area (Å²) >= 11 is 0. The van der Waals surface area contributed by atoms with Crippen molar-refractivity contribution in [3.8, 4) is 0 Å². The molecule has 2 aliphatic carbocycles. The molecule has 2 fully saturated rings. The molecule has 0 aromatic carbocycles. The Kier molecular flexibility index (Phi) is 2.93. The lowest BCUT2D eigenvalue weighted by atomic mass is 9.63. The summed E-state index contributed by atoms with van der Waals surface area (Å²) in [4.78, 5) is 0. The summed E-state index contributed by atoms with van der Waals surface area (Å²) in [6.07, 6.45) is 5.62. The van der Waals surface area contributed by atoms with E-state index in [0.29, 0.717) is 18.4 Å². The fraction of sp³-hybridized carbons (Fsp3) is 0.750. The lowest BCUT2D eigenvalue weighted by molar-refractivity contribution is -0.173. The van der Waals surface area contributed by atoms with Crippen molar-refractivity contribution in [1.82, 2.24) is 0 Å². The van der Waals surface area contributed by atoms with Crippen molar-refractivity contribution >= 4 is 0 Å². The van der Waals surface area contributed by atoms with Gasteiger partial charge < -0.3 is 14.6 Å². The predicted octanol–water partition coefficient (Wildman–Crippen LogP) is 2.51. The van der Waals surface area contributed by atoms with Gasteiger partial charge in [-0.3, -0.25) is 0 Å². The maximum atomic E-state index is 11.1. The van der Waals surface area contributed by atoms with Gasteiger partial charge in [0.2, 0.25) is 0 Å². The Morgan fingerprint density at radius 3 is 2.89 bits per heavy atom. The Morgan fingerprint density at radius 2 is 2.26 bits per heavy atom. The van der Waals surface area contributed by atoms with E-state index in [0.717, 1.165) is 18.4 Å². The molecule has 0 aromatic rings. The summed E-state index contributed by atoms with van der Waals surface area (Å²) in [7, 11) is 1.65. The molecule has 0 aromatic heterocycles. The molecule has 0 bridgehead atoms. The first-order valence-electron chi connectivity index (χ1n) is 7.15. The monoisotopic (exact) mass is 264 g/mol. The van der Waals surface area contributed by atoms with Crippen LogP contribution in [0.25, 0.3) is 0 Å². The molecule has 3 nitrogen and oxygen atoms in total. The second kappa shape index (κ2) is 4.18. The first-order chi connectivity index (χ1) is 8.97. The minimum absolute atomic E-state index is 0.109. The lowest BCUT2D eigenvalue weighted by Gasteiger charge is -2.43. The van der Waals surface area contributed by atoms with E-state index in [4.69, 9.17) is 9.47 Å². The highest BCUT2D eigenvalue weighted by Gasteiger charge is 2.67. The second-order valence-corrected chi connectivity index (χ2v) is 6.67. The van der Waals surface area contributed by atoms with Gasteiger partial charge in [-0.1, -0.05) is 32.6 Å². The molecule has 0 amide bonds. The number of hydrogen-bond acceptors (Lipinski definition) is 3. The number of aliphatic hydroxyl groups excluding tert-OH is 1. The Hall–Kier alpha value is -0.640. The van der Waals surface area contributed by atoms with Crippen LogP contribution >= 0.6 is 0 Å². The smallest absolute Gasteiger partial charge is 0.169 e. The van der Waals surface area contributed by atoms with E-state index < -0.39 is 11.5 Å². The molecule has 3 heteroatoms. The molecule has 2 unspecified atom stereocenters. The Morgan fingerprint density at radius 1 is 1.53 bits per heavy atom. The van der Waals surface area contributed by atoms with Crippen LogP contribution < -0.4 is 0 Å². The summed E-state index contributed by atoms with van der Waals surface area (Å²) in [6, 6.07) is 0. The fourth-order valence-electron chi connectivity index (χ4n) is 4.53. The summed E-state index contributed by atoms with van der Waals surface area (Å²) in [5.41, 5.74) is 0.447. The van der Waals surface area contributed by atoms with E-state index in [2.05, 4.69) is 32.6 Å². The van der Waals surface area contributed by atoms with Crippen molar-refractivity contribution in [2.45, 2.75) is 39.1 Å². The number of allylic oxidation sites excluding steroid dienone is 2. The van der Waals surface area contributed by atoms with E-state index in [1.807, 2.05) is 0 Å². The Balaban J connectivity index is 2.07. The van der Waals surface area contributed by atoms with E-state index >= 15 is 0 Å². The maximum absolute atomic E-state index is 11.1. The van der Waals surface area contributed by atoms with E-state index in [-0.39, 0.29) is 11.7 Å². The molecule has 1 saturated heterocycles.